The standard InChI is InChI=1S/C9H15NO4/c1-3-14-8(12)9(2)7(6-11)4-5-10(9)13/h4-5,7,11,13H,3,6H2,1-2H3. The molecular formula is C9H15NO4. The molecule has 0 aliphatic carbocycles. The Balaban J connectivity index is 2.85. The minimum atomic E-state index is -1.20. The predicted molar refractivity (Wildman–Crippen MR) is 48.4 cm³/mol. The first-order valence-electron chi connectivity index (χ1n) is 4.52. The summed E-state index contributed by atoms with van der Waals surface area (Å²) in [5.74, 6) is -0.974. The molecule has 0 saturated carbocycles. The highest BCUT2D eigenvalue weighted by Crippen LogP contribution is 2.31. The van der Waals surface area contributed by atoms with Gasteiger partial charge in [-0.3, -0.25) is 5.21 Å². The minimum Gasteiger partial charge on any atom is -0.464 e. The zero-order chi connectivity index (χ0) is 10.8. The molecule has 0 aromatic heterocycles. The summed E-state index contributed by atoms with van der Waals surface area (Å²) in [6.07, 6.45) is 2.94. The Morgan fingerprint density at radius 3 is 2.86 bits per heavy atom. The molecule has 2 N–H and O–H groups in total. The van der Waals surface area contributed by atoms with Gasteiger partial charge in [0.1, 0.15) is 0 Å². The van der Waals surface area contributed by atoms with Gasteiger partial charge in [-0.2, -0.15) is 0 Å². The highest BCUT2D eigenvalue weighted by molar-refractivity contribution is 5.81. The van der Waals surface area contributed by atoms with E-state index in [1.807, 2.05) is 0 Å². The Bertz CT molecular complexity index is 253. The molecule has 1 heterocycles. The molecule has 80 valence electrons. The van der Waals surface area contributed by atoms with Gasteiger partial charge in [-0.15, -0.1) is 0 Å². The first kappa shape index (κ1) is 11.0. The summed E-state index contributed by atoms with van der Waals surface area (Å²) in [4.78, 5) is 11.6. The fraction of sp³-hybridized carbons (Fsp3) is 0.667. The van der Waals surface area contributed by atoms with Crippen LogP contribution in [0.2, 0.25) is 0 Å². The van der Waals surface area contributed by atoms with Gasteiger partial charge in [0.15, 0.2) is 5.54 Å². The van der Waals surface area contributed by atoms with Crippen molar-refractivity contribution in [2.45, 2.75) is 19.4 Å². The topological polar surface area (TPSA) is 70.0 Å². The molecule has 0 saturated heterocycles. The highest BCUT2D eigenvalue weighted by atomic mass is 16.6. The van der Waals surface area contributed by atoms with Gasteiger partial charge in [0, 0.05) is 12.1 Å². The maximum Gasteiger partial charge on any atom is 0.334 e. The van der Waals surface area contributed by atoms with Crippen molar-refractivity contribution < 1.29 is 19.8 Å². The van der Waals surface area contributed by atoms with Crippen LogP contribution in [0.4, 0.5) is 0 Å². The van der Waals surface area contributed by atoms with Gasteiger partial charge < -0.3 is 9.84 Å². The number of carbonyl (C=O) groups excluding carboxylic acids is 1. The Kier molecular flexibility index (Phi) is 3.13. The summed E-state index contributed by atoms with van der Waals surface area (Å²) in [6.45, 7) is 3.27. The van der Waals surface area contributed by atoms with Crippen LogP contribution in [0.25, 0.3) is 0 Å². The van der Waals surface area contributed by atoms with Crippen LogP contribution in [0.1, 0.15) is 13.8 Å². The SMILES string of the molecule is CCOC(=O)C1(C)C(CO)C=CN1O. The molecule has 0 aromatic rings. The Hall–Kier alpha value is -1.07. The number of aliphatic hydroxyl groups is 1. The number of hydrogen-bond donors (Lipinski definition) is 2. The molecule has 5 heteroatoms. The molecule has 1 rings (SSSR count). The van der Waals surface area contributed by atoms with Crippen LogP contribution in [-0.4, -0.2) is 40.1 Å². The average Bonchev–Trinajstić information content (AvgIpc) is 2.45. The minimum absolute atomic E-state index is 0.205. The third-order valence-electron chi connectivity index (χ3n) is 2.54. The lowest BCUT2D eigenvalue weighted by Gasteiger charge is -2.32. The summed E-state index contributed by atoms with van der Waals surface area (Å²) >= 11 is 0. The van der Waals surface area contributed by atoms with E-state index >= 15 is 0 Å². The van der Waals surface area contributed by atoms with Crippen molar-refractivity contribution in [3.8, 4) is 0 Å². The summed E-state index contributed by atoms with van der Waals surface area (Å²) < 4.78 is 4.84. The molecule has 0 aromatic carbocycles. The summed E-state index contributed by atoms with van der Waals surface area (Å²) in [5.41, 5.74) is -1.20. The number of hydroxylamine groups is 2. The van der Waals surface area contributed by atoms with Crippen molar-refractivity contribution in [2.75, 3.05) is 13.2 Å². The molecule has 2 unspecified atom stereocenters. The fourth-order valence-corrected chi connectivity index (χ4v) is 1.46. The van der Waals surface area contributed by atoms with Crippen LogP contribution < -0.4 is 0 Å². The smallest absolute Gasteiger partial charge is 0.334 e. The molecule has 14 heavy (non-hydrogen) atoms. The van der Waals surface area contributed by atoms with Gasteiger partial charge in [0.25, 0.3) is 0 Å². The lowest BCUT2D eigenvalue weighted by Crippen LogP contribution is -2.52. The van der Waals surface area contributed by atoms with Crippen molar-refractivity contribution in [3.63, 3.8) is 0 Å². The number of esters is 1. The number of rotatable bonds is 3. The van der Waals surface area contributed by atoms with Crippen LogP contribution in [0.15, 0.2) is 12.3 Å². The second-order valence-corrected chi connectivity index (χ2v) is 3.34. The van der Waals surface area contributed by atoms with Crippen LogP contribution >= 0.6 is 0 Å². The van der Waals surface area contributed by atoms with Gasteiger partial charge in [-0.25, -0.2) is 9.86 Å². The fourth-order valence-electron chi connectivity index (χ4n) is 1.46. The zero-order valence-corrected chi connectivity index (χ0v) is 8.30. The van der Waals surface area contributed by atoms with Crippen molar-refractivity contribution in [1.82, 2.24) is 5.06 Å². The van der Waals surface area contributed by atoms with Gasteiger partial charge >= 0.3 is 5.97 Å². The highest BCUT2D eigenvalue weighted by Gasteiger charge is 2.48. The molecular weight excluding hydrogens is 186 g/mol. The molecule has 5 nitrogen and oxygen atoms in total. The zero-order valence-electron chi connectivity index (χ0n) is 8.30. The monoisotopic (exact) mass is 201 g/mol. The van der Waals surface area contributed by atoms with E-state index < -0.39 is 17.4 Å². The van der Waals surface area contributed by atoms with E-state index in [-0.39, 0.29) is 13.2 Å². The number of carbonyl (C=O) groups is 1. The Labute approximate surface area is 82.5 Å². The first-order chi connectivity index (χ1) is 6.57. The van der Waals surface area contributed by atoms with Gasteiger partial charge in [-0.05, 0) is 13.8 Å². The Morgan fingerprint density at radius 2 is 2.36 bits per heavy atom. The van der Waals surface area contributed by atoms with Crippen molar-refractivity contribution in [2.24, 2.45) is 5.92 Å². The van der Waals surface area contributed by atoms with E-state index in [0.29, 0.717) is 0 Å². The molecule has 0 amide bonds. The van der Waals surface area contributed by atoms with E-state index in [4.69, 9.17) is 9.84 Å². The van der Waals surface area contributed by atoms with Crippen LogP contribution in [0, 0.1) is 5.92 Å². The van der Waals surface area contributed by atoms with Crippen LogP contribution in [0.3, 0.4) is 0 Å². The lowest BCUT2D eigenvalue weighted by atomic mass is 9.88. The maximum atomic E-state index is 11.6. The van der Waals surface area contributed by atoms with E-state index in [1.165, 1.54) is 13.1 Å². The van der Waals surface area contributed by atoms with Gasteiger partial charge in [0.2, 0.25) is 0 Å². The third-order valence-corrected chi connectivity index (χ3v) is 2.54. The normalized spacial score (nSPS) is 30.9. The predicted octanol–water partition coefficient (Wildman–Crippen LogP) is 0.135. The number of nitrogens with zero attached hydrogens (tertiary/aromatic N) is 1. The second kappa shape index (κ2) is 3.98. The summed E-state index contributed by atoms with van der Waals surface area (Å²) in [6, 6.07) is 0. The quantitative estimate of drug-likeness (QED) is 0.635. The molecule has 0 spiro atoms. The van der Waals surface area contributed by atoms with Crippen molar-refractivity contribution in [1.29, 1.82) is 0 Å². The molecule has 1 aliphatic rings. The van der Waals surface area contributed by atoms with Crippen LogP contribution in [0.5, 0.6) is 0 Å². The lowest BCUT2D eigenvalue weighted by molar-refractivity contribution is -0.184. The molecule has 0 fully saturated rings. The average molecular weight is 201 g/mol. The summed E-state index contributed by atoms with van der Waals surface area (Å²) in [5, 5.41) is 19.3. The Morgan fingerprint density at radius 1 is 1.71 bits per heavy atom. The van der Waals surface area contributed by atoms with E-state index in [1.54, 1.807) is 13.0 Å². The van der Waals surface area contributed by atoms with Gasteiger partial charge in [0.05, 0.1) is 13.2 Å². The third kappa shape index (κ3) is 1.49. The largest absolute Gasteiger partial charge is 0.464 e. The number of aliphatic hydroxyl groups excluding tert-OH is 1. The second-order valence-electron chi connectivity index (χ2n) is 3.34. The number of ether oxygens (including phenoxy) is 1. The van der Waals surface area contributed by atoms with E-state index in [9.17, 15) is 10.0 Å². The van der Waals surface area contributed by atoms with E-state index in [0.717, 1.165) is 5.06 Å². The molecule has 0 bridgehead atoms. The number of hydrogen-bond acceptors (Lipinski definition) is 5. The van der Waals surface area contributed by atoms with E-state index in [2.05, 4.69) is 0 Å². The molecule has 1 aliphatic heterocycles. The maximum absolute atomic E-state index is 11.6. The van der Waals surface area contributed by atoms with Gasteiger partial charge in [-0.1, -0.05) is 6.08 Å². The first-order valence-corrected chi connectivity index (χ1v) is 4.52. The summed E-state index contributed by atoms with van der Waals surface area (Å²) in [7, 11) is 0. The molecule has 2 atom stereocenters. The van der Waals surface area contributed by atoms with Crippen molar-refractivity contribution >= 4 is 5.97 Å². The van der Waals surface area contributed by atoms with Crippen molar-refractivity contribution in [3.05, 3.63) is 12.3 Å². The van der Waals surface area contributed by atoms with Crippen LogP contribution in [-0.2, 0) is 9.53 Å². The molecule has 0 radical (unpaired) electrons.